The monoisotopic (exact) mass is 312 g/mol. The van der Waals surface area contributed by atoms with E-state index < -0.39 is 0 Å². The summed E-state index contributed by atoms with van der Waals surface area (Å²) in [6.45, 7) is 0.827. The van der Waals surface area contributed by atoms with Crippen molar-refractivity contribution < 1.29 is 4.79 Å². The van der Waals surface area contributed by atoms with E-state index in [1.807, 2.05) is 55.2 Å². The third-order valence-corrected chi connectivity index (χ3v) is 4.62. The van der Waals surface area contributed by atoms with Crippen molar-refractivity contribution in [3.63, 3.8) is 0 Å². The van der Waals surface area contributed by atoms with Crippen molar-refractivity contribution >= 4 is 6.03 Å². The van der Waals surface area contributed by atoms with E-state index in [9.17, 15) is 4.79 Å². The predicted octanol–water partition coefficient (Wildman–Crippen LogP) is 2.95. The number of imidazole rings is 1. The van der Waals surface area contributed by atoms with Crippen LogP contribution in [0.5, 0.6) is 0 Å². The first-order valence-corrected chi connectivity index (χ1v) is 8.19. The van der Waals surface area contributed by atoms with Crippen LogP contribution < -0.4 is 5.32 Å². The van der Waals surface area contributed by atoms with Crippen LogP contribution in [0, 0.1) is 5.92 Å². The van der Waals surface area contributed by atoms with Gasteiger partial charge < -0.3 is 14.8 Å². The molecule has 1 atom stereocenters. The van der Waals surface area contributed by atoms with Crippen LogP contribution in [-0.4, -0.2) is 34.1 Å². The fourth-order valence-electron chi connectivity index (χ4n) is 2.98. The number of hydrogen-bond acceptors (Lipinski definition) is 2. The molecule has 0 radical (unpaired) electrons. The Labute approximate surface area is 137 Å². The number of aromatic nitrogens is 2. The minimum absolute atomic E-state index is 0.0475. The Balaban J connectivity index is 1.76. The lowest BCUT2D eigenvalue weighted by Crippen LogP contribution is -2.43. The van der Waals surface area contributed by atoms with Gasteiger partial charge in [0.15, 0.2) is 0 Å². The number of hydrogen-bond donors (Lipinski definition) is 1. The van der Waals surface area contributed by atoms with E-state index in [0.29, 0.717) is 5.92 Å². The van der Waals surface area contributed by atoms with Crippen LogP contribution in [0.25, 0.3) is 0 Å². The Morgan fingerprint density at radius 1 is 1.39 bits per heavy atom. The van der Waals surface area contributed by atoms with E-state index in [4.69, 9.17) is 0 Å². The van der Waals surface area contributed by atoms with Crippen molar-refractivity contribution in [1.82, 2.24) is 19.8 Å². The molecule has 1 N–H and O–H groups in total. The molecule has 1 aliphatic carbocycles. The fraction of sp³-hybridized carbons (Fsp3) is 0.444. The van der Waals surface area contributed by atoms with Crippen LogP contribution in [0.15, 0.2) is 42.7 Å². The van der Waals surface area contributed by atoms with Crippen molar-refractivity contribution in [2.75, 3.05) is 13.6 Å². The molecular weight excluding hydrogens is 288 g/mol. The molecule has 1 unspecified atom stereocenters. The zero-order valence-corrected chi connectivity index (χ0v) is 13.8. The molecule has 1 heterocycles. The zero-order chi connectivity index (χ0) is 16.2. The lowest BCUT2D eigenvalue weighted by Gasteiger charge is -2.31. The van der Waals surface area contributed by atoms with Crippen LogP contribution in [0.1, 0.15) is 36.7 Å². The molecule has 5 nitrogen and oxygen atoms in total. The second-order valence-corrected chi connectivity index (χ2v) is 6.37. The molecule has 0 aliphatic heterocycles. The lowest BCUT2D eigenvalue weighted by molar-refractivity contribution is 0.180. The summed E-state index contributed by atoms with van der Waals surface area (Å²) in [4.78, 5) is 18.8. The Morgan fingerprint density at radius 2 is 2.13 bits per heavy atom. The quantitative estimate of drug-likeness (QED) is 0.923. The fourth-order valence-corrected chi connectivity index (χ4v) is 2.98. The van der Waals surface area contributed by atoms with E-state index in [1.54, 1.807) is 11.1 Å². The van der Waals surface area contributed by atoms with Crippen LogP contribution in [-0.2, 0) is 7.05 Å². The Hall–Kier alpha value is -2.30. The summed E-state index contributed by atoms with van der Waals surface area (Å²) >= 11 is 0. The first-order chi connectivity index (χ1) is 11.1. The summed E-state index contributed by atoms with van der Waals surface area (Å²) in [6.07, 6.45) is 7.42. The molecule has 0 spiro atoms. The molecule has 3 rings (SSSR count). The molecule has 122 valence electrons. The number of carbonyl (C=O) groups excluding carboxylic acids is 1. The van der Waals surface area contributed by atoms with Gasteiger partial charge in [0.2, 0.25) is 0 Å². The summed E-state index contributed by atoms with van der Waals surface area (Å²) in [6, 6.07) is 9.69. The molecule has 5 heteroatoms. The second kappa shape index (κ2) is 6.86. The lowest BCUT2D eigenvalue weighted by atomic mass is 9.85. The molecule has 1 aliphatic rings. The SMILES string of the molecule is CN(CC1CCC1)C(=O)NC(c1ccccc1)c1nccn1C. The number of nitrogens with zero attached hydrogens (tertiary/aromatic N) is 3. The van der Waals surface area contributed by atoms with Gasteiger partial charge in [-0.15, -0.1) is 0 Å². The molecule has 1 aromatic heterocycles. The summed E-state index contributed by atoms with van der Waals surface area (Å²) < 4.78 is 1.95. The highest BCUT2D eigenvalue weighted by Gasteiger charge is 2.25. The van der Waals surface area contributed by atoms with Crippen molar-refractivity contribution in [3.8, 4) is 0 Å². The van der Waals surface area contributed by atoms with Crippen LogP contribution in [0.3, 0.4) is 0 Å². The molecule has 1 saturated carbocycles. The minimum Gasteiger partial charge on any atom is -0.336 e. The average Bonchev–Trinajstić information content (AvgIpc) is 2.94. The molecule has 1 aromatic carbocycles. The van der Waals surface area contributed by atoms with Crippen molar-refractivity contribution in [1.29, 1.82) is 0 Å². The first-order valence-electron chi connectivity index (χ1n) is 8.19. The third-order valence-electron chi connectivity index (χ3n) is 4.62. The number of rotatable bonds is 5. The van der Waals surface area contributed by atoms with E-state index in [-0.39, 0.29) is 12.1 Å². The minimum atomic E-state index is -0.243. The van der Waals surface area contributed by atoms with E-state index in [0.717, 1.165) is 17.9 Å². The standard InChI is InChI=1S/C18H24N4O/c1-21-12-11-19-17(21)16(15-9-4-3-5-10-15)20-18(23)22(2)13-14-7-6-8-14/h3-5,9-12,14,16H,6-8,13H2,1-2H3,(H,20,23). The summed E-state index contributed by atoms with van der Waals surface area (Å²) in [5, 5.41) is 3.13. The summed E-state index contributed by atoms with van der Waals surface area (Å²) in [7, 11) is 3.82. The second-order valence-electron chi connectivity index (χ2n) is 6.37. The van der Waals surface area contributed by atoms with Gasteiger partial charge in [0.05, 0.1) is 0 Å². The van der Waals surface area contributed by atoms with Gasteiger partial charge in [-0.1, -0.05) is 36.8 Å². The van der Waals surface area contributed by atoms with Crippen molar-refractivity contribution in [2.24, 2.45) is 13.0 Å². The molecule has 1 fully saturated rings. The van der Waals surface area contributed by atoms with E-state index >= 15 is 0 Å². The number of nitrogens with one attached hydrogen (secondary N) is 1. The molecule has 0 saturated heterocycles. The number of benzene rings is 1. The maximum absolute atomic E-state index is 12.6. The van der Waals surface area contributed by atoms with Gasteiger partial charge in [-0.2, -0.15) is 0 Å². The number of amides is 2. The molecule has 23 heavy (non-hydrogen) atoms. The van der Waals surface area contributed by atoms with E-state index in [1.165, 1.54) is 19.3 Å². The molecule has 0 bridgehead atoms. The smallest absolute Gasteiger partial charge is 0.318 e. The largest absolute Gasteiger partial charge is 0.336 e. The van der Waals surface area contributed by atoms with Gasteiger partial charge in [-0.25, -0.2) is 9.78 Å². The van der Waals surface area contributed by atoms with Gasteiger partial charge in [-0.05, 0) is 24.3 Å². The summed E-state index contributed by atoms with van der Waals surface area (Å²) in [5.41, 5.74) is 1.03. The highest BCUT2D eigenvalue weighted by atomic mass is 16.2. The molecule has 2 aromatic rings. The third kappa shape index (κ3) is 3.55. The number of urea groups is 1. The van der Waals surface area contributed by atoms with Crippen molar-refractivity contribution in [3.05, 3.63) is 54.1 Å². The van der Waals surface area contributed by atoms with E-state index in [2.05, 4.69) is 10.3 Å². The number of aryl methyl sites for hydroxylation is 1. The molecular formula is C18H24N4O. The normalized spacial score (nSPS) is 15.7. The average molecular weight is 312 g/mol. The van der Waals surface area contributed by atoms with Gasteiger partial charge in [0.25, 0.3) is 0 Å². The van der Waals surface area contributed by atoms with Crippen molar-refractivity contribution in [2.45, 2.75) is 25.3 Å². The van der Waals surface area contributed by atoms with Gasteiger partial charge in [0.1, 0.15) is 11.9 Å². The van der Waals surface area contributed by atoms with Gasteiger partial charge >= 0.3 is 6.03 Å². The Bertz CT molecular complexity index is 648. The predicted molar refractivity (Wildman–Crippen MR) is 90.0 cm³/mol. The zero-order valence-electron chi connectivity index (χ0n) is 13.8. The van der Waals surface area contributed by atoms with Gasteiger partial charge in [-0.3, -0.25) is 0 Å². The van der Waals surface area contributed by atoms with Crippen LogP contribution in [0.4, 0.5) is 4.79 Å². The van der Waals surface area contributed by atoms with Gasteiger partial charge in [0, 0.05) is 33.0 Å². The Kier molecular flexibility index (Phi) is 4.65. The van der Waals surface area contributed by atoms with Crippen LogP contribution in [0.2, 0.25) is 0 Å². The maximum atomic E-state index is 12.6. The first kappa shape index (κ1) is 15.6. The highest BCUT2D eigenvalue weighted by molar-refractivity contribution is 5.74. The topological polar surface area (TPSA) is 50.2 Å². The van der Waals surface area contributed by atoms with Crippen LogP contribution >= 0.6 is 0 Å². The number of carbonyl (C=O) groups is 1. The molecule has 2 amide bonds. The Morgan fingerprint density at radius 3 is 2.70 bits per heavy atom. The maximum Gasteiger partial charge on any atom is 0.318 e. The highest BCUT2D eigenvalue weighted by Crippen LogP contribution is 2.27. The summed E-state index contributed by atoms with van der Waals surface area (Å²) in [5.74, 6) is 1.50.